The van der Waals surface area contributed by atoms with Crippen LogP contribution in [0.5, 0.6) is 0 Å². The van der Waals surface area contributed by atoms with Crippen molar-refractivity contribution in [3.05, 3.63) is 29.0 Å². The van der Waals surface area contributed by atoms with E-state index in [4.69, 9.17) is 0 Å². The van der Waals surface area contributed by atoms with Gasteiger partial charge in [-0.05, 0) is 18.4 Å². The first-order valence-electron chi connectivity index (χ1n) is 6.48. The molecule has 6 heteroatoms. The number of aryl methyl sites for hydroxylation is 1. The molecule has 0 saturated carbocycles. The quantitative estimate of drug-likeness (QED) is 0.753. The van der Waals surface area contributed by atoms with Crippen LogP contribution < -0.4 is 5.32 Å². The fraction of sp³-hybridized carbons (Fsp3) is 0.357. The van der Waals surface area contributed by atoms with E-state index in [1.165, 1.54) is 4.88 Å². The van der Waals surface area contributed by atoms with E-state index in [-0.39, 0.29) is 5.41 Å². The number of anilines is 2. The Morgan fingerprint density at radius 2 is 2.05 bits per heavy atom. The highest BCUT2D eigenvalue weighted by molar-refractivity contribution is 7.19. The average Bonchev–Trinajstić information content (AvgIpc) is 2.95. The van der Waals surface area contributed by atoms with E-state index >= 15 is 0 Å². The molecule has 3 heterocycles. The summed E-state index contributed by atoms with van der Waals surface area (Å²) in [5.41, 5.74) is 1.11. The first kappa shape index (κ1) is 13.1. The van der Waals surface area contributed by atoms with Gasteiger partial charge < -0.3 is 5.32 Å². The molecule has 3 rings (SSSR count). The lowest BCUT2D eigenvalue weighted by atomic mass is 9.95. The van der Waals surface area contributed by atoms with Gasteiger partial charge in [-0.1, -0.05) is 20.8 Å². The first-order valence-corrected chi connectivity index (χ1v) is 7.30. The maximum Gasteiger partial charge on any atom is 0.153 e. The minimum atomic E-state index is 0.116. The molecule has 0 bridgehead atoms. The summed E-state index contributed by atoms with van der Waals surface area (Å²) in [5, 5.41) is 10.1. The number of H-pyrrole nitrogens is 1. The van der Waals surface area contributed by atoms with Crippen molar-refractivity contribution in [3.8, 4) is 0 Å². The third-order valence-electron chi connectivity index (χ3n) is 2.98. The molecule has 0 spiro atoms. The lowest BCUT2D eigenvalue weighted by Gasteiger charge is -2.14. The second-order valence-electron chi connectivity index (χ2n) is 5.79. The number of aromatic amines is 1. The van der Waals surface area contributed by atoms with Crippen LogP contribution in [0.2, 0.25) is 0 Å². The molecule has 0 aromatic carbocycles. The van der Waals surface area contributed by atoms with Crippen LogP contribution in [-0.2, 0) is 5.41 Å². The third-order valence-corrected chi connectivity index (χ3v) is 4.53. The topological polar surface area (TPSA) is 66.5 Å². The van der Waals surface area contributed by atoms with Gasteiger partial charge in [0.15, 0.2) is 5.82 Å². The monoisotopic (exact) mass is 287 g/mol. The number of fused-ring (bicyclic) bond motifs is 1. The molecule has 0 atom stereocenters. The van der Waals surface area contributed by atoms with E-state index < -0.39 is 0 Å². The number of hydrogen-bond donors (Lipinski definition) is 2. The van der Waals surface area contributed by atoms with E-state index in [0.717, 1.165) is 27.7 Å². The van der Waals surface area contributed by atoms with Gasteiger partial charge in [0, 0.05) is 10.9 Å². The summed E-state index contributed by atoms with van der Waals surface area (Å²) in [4.78, 5) is 10.4. The van der Waals surface area contributed by atoms with Gasteiger partial charge in [0.25, 0.3) is 0 Å². The maximum atomic E-state index is 4.53. The van der Waals surface area contributed by atoms with Crippen LogP contribution in [0.15, 0.2) is 18.3 Å². The first-order chi connectivity index (χ1) is 9.43. The highest BCUT2D eigenvalue weighted by Crippen LogP contribution is 2.36. The largest absolute Gasteiger partial charge is 0.324 e. The van der Waals surface area contributed by atoms with Crippen LogP contribution in [0, 0.1) is 6.92 Å². The molecule has 20 heavy (non-hydrogen) atoms. The van der Waals surface area contributed by atoms with Crippen molar-refractivity contribution >= 4 is 33.2 Å². The highest BCUT2D eigenvalue weighted by Gasteiger charge is 2.19. The normalized spacial score (nSPS) is 12.0. The van der Waals surface area contributed by atoms with Gasteiger partial charge in [0.1, 0.15) is 11.6 Å². The standard InChI is InChI=1S/C14H17N5S/c1-8-16-9-7-10(14(2,3)4)20-12(9)13(17-8)18-11-5-6-15-19-11/h5-7H,1-4H3,(H2,15,16,17,18,19). The van der Waals surface area contributed by atoms with E-state index in [9.17, 15) is 0 Å². The van der Waals surface area contributed by atoms with Crippen molar-refractivity contribution in [2.45, 2.75) is 33.1 Å². The molecular weight excluding hydrogens is 270 g/mol. The third kappa shape index (κ3) is 2.38. The number of aromatic nitrogens is 4. The Labute approximate surface area is 121 Å². The number of hydrogen-bond acceptors (Lipinski definition) is 5. The average molecular weight is 287 g/mol. The van der Waals surface area contributed by atoms with E-state index in [1.807, 2.05) is 13.0 Å². The smallest absolute Gasteiger partial charge is 0.153 e. The van der Waals surface area contributed by atoms with Crippen molar-refractivity contribution in [2.24, 2.45) is 0 Å². The Hall–Kier alpha value is -1.95. The van der Waals surface area contributed by atoms with Crippen LogP contribution in [-0.4, -0.2) is 20.2 Å². The molecule has 0 radical (unpaired) electrons. The Kier molecular flexibility index (Phi) is 2.97. The Bertz CT molecular complexity index is 737. The molecule has 3 aromatic heterocycles. The van der Waals surface area contributed by atoms with Crippen molar-refractivity contribution < 1.29 is 0 Å². The summed E-state index contributed by atoms with van der Waals surface area (Å²) in [6.45, 7) is 8.53. The number of nitrogens with zero attached hydrogens (tertiary/aromatic N) is 3. The molecule has 2 N–H and O–H groups in total. The SMILES string of the molecule is Cc1nc(Nc2ccn[nH]2)c2sc(C(C)(C)C)cc2n1. The Balaban J connectivity index is 2.13. The maximum absolute atomic E-state index is 4.53. The minimum Gasteiger partial charge on any atom is -0.324 e. The van der Waals surface area contributed by atoms with Crippen LogP contribution in [0.4, 0.5) is 11.6 Å². The van der Waals surface area contributed by atoms with Crippen molar-refractivity contribution in [2.75, 3.05) is 5.32 Å². The molecule has 0 unspecified atom stereocenters. The number of rotatable bonds is 2. The zero-order chi connectivity index (χ0) is 14.3. The summed E-state index contributed by atoms with van der Waals surface area (Å²) in [6, 6.07) is 4.04. The van der Waals surface area contributed by atoms with Crippen LogP contribution in [0.3, 0.4) is 0 Å². The van der Waals surface area contributed by atoms with Gasteiger partial charge in [-0.25, -0.2) is 9.97 Å². The van der Waals surface area contributed by atoms with Gasteiger partial charge in [-0.3, -0.25) is 5.10 Å². The van der Waals surface area contributed by atoms with Crippen LogP contribution in [0.25, 0.3) is 10.2 Å². The number of nitrogens with one attached hydrogen (secondary N) is 2. The molecular formula is C14H17N5S. The van der Waals surface area contributed by atoms with E-state index in [2.05, 4.69) is 52.3 Å². The summed E-state index contributed by atoms with van der Waals surface area (Å²) in [7, 11) is 0. The fourth-order valence-corrected chi connectivity index (χ4v) is 3.05. The minimum absolute atomic E-state index is 0.116. The highest BCUT2D eigenvalue weighted by atomic mass is 32.1. The lowest BCUT2D eigenvalue weighted by Crippen LogP contribution is -2.07. The Morgan fingerprint density at radius 1 is 1.25 bits per heavy atom. The molecule has 5 nitrogen and oxygen atoms in total. The molecule has 0 aliphatic heterocycles. The van der Waals surface area contributed by atoms with Gasteiger partial charge in [-0.15, -0.1) is 11.3 Å². The fourth-order valence-electron chi connectivity index (χ4n) is 1.95. The second kappa shape index (κ2) is 4.56. The Morgan fingerprint density at radius 3 is 2.70 bits per heavy atom. The lowest BCUT2D eigenvalue weighted by molar-refractivity contribution is 0.604. The zero-order valence-electron chi connectivity index (χ0n) is 12.0. The van der Waals surface area contributed by atoms with E-state index in [1.54, 1.807) is 17.5 Å². The molecule has 0 aliphatic carbocycles. The molecule has 3 aromatic rings. The van der Waals surface area contributed by atoms with Crippen molar-refractivity contribution in [1.29, 1.82) is 0 Å². The summed E-state index contributed by atoms with van der Waals surface area (Å²) < 4.78 is 1.08. The summed E-state index contributed by atoms with van der Waals surface area (Å²) in [5.74, 6) is 2.42. The van der Waals surface area contributed by atoms with Crippen LogP contribution >= 0.6 is 11.3 Å². The summed E-state index contributed by atoms with van der Waals surface area (Å²) in [6.07, 6.45) is 1.71. The molecule has 0 fully saturated rings. The number of thiophene rings is 1. The molecule has 0 saturated heterocycles. The molecule has 0 amide bonds. The molecule has 0 aliphatic rings. The van der Waals surface area contributed by atoms with Gasteiger partial charge in [0.05, 0.1) is 16.4 Å². The second-order valence-corrected chi connectivity index (χ2v) is 6.84. The van der Waals surface area contributed by atoms with E-state index in [0.29, 0.717) is 0 Å². The summed E-state index contributed by atoms with van der Waals surface area (Å²) >= 11 is 1.74. The van der Waals surface area contributed by atoms with Gasteiger partial charge in [0.2, 0.25) is 0 Å². The van der Waals surface area contributed by atoms with Gasteiger partial charge in [-0.2, -0.15) is 5.10 Å². The van der Waals surface area contributed by atoms with Crippen molar-refractivity contribution in [3.63, 3.8) is 0 Å². The van der Waals surface area contributed by atoms with Crippen LogP contribution in [0.1, 0.15) is 31.5 Å². The predicted molar refractivity (Wildman–Crippen MR) is 82.7 cm³/mol. The predicted octanol–water partition coefficient (Wildman–Crippen LogP) is 3.76. The zero-order valence-corrected chi connectivity index (χ0v) is 12.8. The van der Waals surface area contributed by atoms with Gasteiger partial charge >= 0.3 is 0 Å². The molecule has 104 valence electrons. The van der Waals surface area contributed by atoms with Crippen molar-refractivity contribution in [1.82, 2.24) is 20.2 Å².